The number of aromatic nitrogens is 1. The number of carbonyl (C=O) groups is 4. The van der Waals surface area contributed by atoms with Crippen molar-refractivity contribution in [2.75, 3.05) is 52.6 Å². The zero-order valence-electron chi connectivity index (χ0n) is 35.4. The van der Waals surface area contributed by atoms with E-state index in [9.17, 15) is 19.2 Å². The first-order valence-electron chi connectivity index (χ1n) is 21.5. The van der Waals surface area contributed by atoms with Crippen LogP contribution in [0.4, 0.5) is 4.79 Å². The van der Waals surface area contributed by atoms with E-state index in [0.29, 0.717) is 50.0 Å². The summed E-state index contributed by atoms with van der Waals surface area (Å²) in [5, 5.41) is 6.80. The second-order valence-corrected chi connectivity index (χ2v) is 17.5. The van der Waals surface area contributed by atoms with E-state index < -0.39 is 58.6 Å². The molecular formula is C45H61N5O9. The maximum absolute atomic E-state index is 14.8. The van der Waals surface area contributed by atoms with Crippen LogP contribution in [0.5, 0.6) is 11.5 Å². The predicted molar refractivity (Wildman–Crippen MR) is 221 cm³/mol. The maximum Gasteiger partial charge on any atom is 0.408 e. The minimum Gasteiger partial charge on any atom is -0.492 e. The average Bonchev–Trinajstić information content (AvgIpc) is 3.57. The fourth-order valence-corrected chi connectivity index (χ4v) is 9.04. The Morgan fingerprint density at radius 1 is 1.12 bits per heavy atom. The third-order valence-electron chi connectivity index (χ3n) is 12.2. The average molecular weight is 816 g/mol. The maximum atomic E-state index is 14.8. The van der Waals surface area contributed by atoms with Crippen molar-refractivity contribution in [3.8, 4) is 11.5 Å². The van der Waals surface area contributed by atoms with Crippen LogP contribution in [-0.4, -0.2) is 120 Å². The van der Waals surface area contributed by atoms with Gasteiger partial charge in [0, 0.05) is 42.9 Å². The lowest BCUT2D eigenvalue weighted by Crippen LogP contribution is -2.57. The molecule has 1 aromatic carbocycles. The summed E-state index contributed by atoms with van der Waals surface area (Å²) in [6.07, 6.45) is 8.58. The van der Waals surface area contributed by atoms with Gasteiger partial charge >= 0.3 is 12.1 Å². The van der Waals surface area contributed by atoms with Crippen molar-refractivity contribution in [2.45, 2.75) is 121 Å². The number of allylic oxidation sites excluding steroid dienone is 1. The molecule has 14 nitrogen and oxygen atoms in total. The highest BCUT2D eigenvalue weighted by molar-refractivity contribution is 6.00. The highest BCUT2D eigenvalue weighted by Gasteiger charge is 2.66. The number of morpholine rings is 1. The molecule has 0 radical (unpaired) electrons. The third-order valence-corrected chi connectivity index (χ3v) is 12.2. The van der Waals surface area contributed by atoms with Gasteiger partial charge in [0.2, 0.25) is 11.8 Å². The molecule has 2 aromatic rings. The Kier molecular flexibility index (Phi) is 12.6. The van der Waals surface area contributed by atoms with Crippen LogP contribution < -0.4 is 20.1 Å². The first-order valence-corrected chi connectivity index (χ1v) is 21.5. The molecule has 5 unspecified atom stereocenters. The molecule has 3 amide bonds. The minimum atomic E-state index is -1.44. The molecule has 7 rings (SSSR count). The van der Waals surface area contributed by atoms with E-state index in [1.54, 1.807) is 27.7 Å². The molecule has 2 saturated heterocycles. The summed E-state index contributed by atoms with van der Waals surface area (Å²) in [6, 6.07) is 4.01. The Labute approximate surface area is 347 Å². The van der Waals surface area contributed by atoms with Crippen LogP contribution >= 0.6 is 0 Å². The number of hydrogen-bond donors (Lipinski definition) is 2. The van der Waals surface area contributed by atoms with Gasteiger partial charge in [0.1, 0.15) is 41.4 Å². The monoisotopic (exact) mass is 815 g/mol. The van der Waals surface area contributed by atoms with Gasteiger partial charge in [-0.15, -0.1) is 0 Å². The summed E-state index contributed by atoms with van der Waals surface area (Å²) in [4.78, 5) is 65.2. The van der Waals surface area contributed by atoms with E-state index in [4.69, 9.17) is 28.7 Å². The van der Waals surface area contributed by atoms with E-state index in [1.165, 1.54) is 4.90 Å². The largest absolute Gasteiger partial charge is 0.492 e. The van der Waals surface area contributed by atoms with Crippen molar-refractivity contribution in [3.63, 3.8) is 0 Å². The summed E-state index contributed by atoms with van der Waals surface area (Å²) in [5.74, 6) is -0.508. The summed E-state index contributed by atoms with van der Waals surface area (Å²) < 4.78 is 29.9. The van der Waals surface area contributed by atoms with E-state index in [1.807, 2.05) is 37.3 Å². The number of carbonyl (C=O) groups excluding carboxylic acids is 4. The lowest BCUT2D eigenvalue weighted by atomic mass is 9.87. The second-order valence-electron chi connectivity index (χ2n) is 17.5. The summed E-state index contributed by atoms with van der Waals surface area (Å²) in [6.45, 7) is 18.1. The molecule has 1 aliphatic carbocycles. The highest BCUT2D eigenvalue weighted by atomic mass is 16.6. The molecule has 320 valence electrons. The minimum absolute atomic E-state index is 0.0957. The second kappa shape index (κ2) is 17.5. The Balaban J connectivity index is 1.20. The van der Waals surface area contributed by atoms with Crippen LogP contribution in [0.15, 0.2) is 42.5 Å². The quantitative estimate of drug-likeness (QED) is 0.267. The summed E-state index contributed by atoms with van der Waals surface area (Å²) in [7, 11) is 0. The van der Waals surface area contributed by atoms with Crippen molar-refractivity contribution < 1.29 is 42.9 Å². The number of hydrogen-bond acceptors (Lipinski definition) is 11. The number of fused-ring (bicyclic) bond motifs is 5. The number of esters is 1. The van der Waals surface area contributed by atoms with Crippen LogP contribution in [0.3, 0.4) is 0 Å². The lowest BCUT2D eigenvalue weighted by molar-refractivity contribution is -0.149. The number of alkyl carbamates (subject to hydrolysis) is 1. The molecule has 5 heterocycles. The van der Waals surface area contributed by atoms with Gasteiger partial charge < -0.3 is 39.2 Å². The highest BCUT2D eigenvalue weighted by Crippen LogP contribution is 2.52. The Hall–Kier alpha value is -4.69. The number of aryl methyl sites for hydroxylation is 2. The van der Waals surface area contributed by atoms with Crippen molar-refractivity contribution in [1.82, 2.24) is 25.4 Å². The van der Waals surface area contributed by atoms with Gasteiger partial charge in [-0.3, -0.25) is 14.5 Å². The number of nitrogens with one attached hydrogen (secondary N) is 2. The third kappa shape index (κ3) is 9.08. The summed E-state index contributed by atoms with van der Waals surface area (Å²) in [5.41, 5.74) is 0.0348. The molecule has 59 heavy (non-hydrogen) atoms. The number of ether oxygens (including phenoxy) is 5. The van der Waals surface area contributed by atoms with Crippen molar-refractivity contribution in [2.24, 2.45) is 5.92 Å². The normalized spacial score (nSPS) is 27.7. The standard InChI is InChI=1S/C45H61N5O9/c1-7-34-38-31(32-26-30(16-17-35(32)46-34)57-25-22-49-20-23-55-24-21-49)18-19-44(58-38)27-37-39(51)48-45(41(53)56-8-2)29(3)33(45)14-12-10-9-11-13-15-36(40(52)50(37)28-44)47-42(54)59-43(4,5)6/h12,14,16-17,26,33,36-37H,3,7-11,13,15,18-25,27-28H2,1-2,4-6H3,(H,47,54)(H,48,51). The van der Waals surface area contributed by atoms with Gasteiger partial charge in [-0.2, -0.15) is 0 Å². The number of nitrogens with zero attached hydrogens (tertiary/aromatic N) is 3. The molecular weight excluding hydrogens is 755 g/mol. The molecule has 14 heteroatoms. The fourth-order valence-electron chi connectivity index (χ4n) is 9.04. The van der Waals surface area contributed by atoms with Crippen molar-refractivity contribution >= 4 is 34.8 Å². The first kappa shape index (κ1) is 42.4. The number of benzene rings is 1. The van der Waals surface area contributed by atoms with E-state index in [2.05, 4.69) is 22.1 Å². The Morgan fingerprint density at radius 2 is 1.92 bits per heavy atom. The smallest absolute Gasteiger partial charge is 0.408 e. The molecule has 5 atom stereocenters. The molecule has 3 fully saturated rings. The van der Waals surface area contributed by atoms with Crippen molar-refractivity contribution in [3.05, 3.63) is 53.8 Å². The van der Waals surface area contributed by atoms with E-state index in [-0.39, 0.29) is 19.6 Å². The first-order chi connectivity index (χ1) is 28.3. The molecule has 1 spiro atoms. The van der Waals surface area contributed by atoms with Crippen LogP contribution in [0.2, 0.25) is 0 Å². The fraction of sp³-hybridized carbons (Fsp3) is 0.622. The Bertz CT molecular complexity index is 1970. The lowest BCUT2D eigenvalue weighted by Gasteiger charge is -2.37. The molecule has 0 bridgehead atoms. The number of amides is 3. The topological polar surface area (TPSA) is 158 Å². The van der Waals surface area contributed by atoms with E-state index in [0.717, 1.165) is 80.0 Å². The molecule has 2 N–H and O–H groups in total. The summed E-state index contributed by atoms with van der Waals surface area (Å²) >= 11 is 0. The molecule has 4 aliphatic heterocycles. The zero-order chi connectivity index (χ0) is 42.0. The van der Waals surface area contributed by atoms with Gasteiger partial charge in [0.05, 0.1) is 37.6 Å². The molecule has 5 aliphatic rings. The van der Waals surface area contributed by atoms with Gasteiger partial charge in [0.15, 0.2) is 5.54 Å². The SMILES string of the molecule is C=C1C2C=CCCCCCC(NC(=O)OC(C)(C)C)C(=O)N3CC4(CCc5c(c(CC)nc6ccc(OCCN7CCOCC7)cc56)O4)CC3C(=O)NC12C(=O)OCC. The van der Waals surface area contributed by atoms with Gasteiger partial charge in [-0.25, -0.2) is 14.6 Å². The van der Waals surface area contributed by atoms with Crippen molar-refractivity contribution in [1.29, 1.82) is 0 Å². The molecule has 1 saturated carbocycles. The van der Waals surface area contributed by atoms with Gasteiger partial charge in [-0.1, -0.05) is 38.5 Å². The van der Waals surface area contributed by atoms with Crippen LogP contribution in [0.1, 0.15) is 90.8 Å². The van der Waals surface area contributed by atoms with Gasteiger partial charge in [-0.05, 0) is 90.0 Å². The number of pyridine rings is 1. The Morgan fingerprint density at radius 3 is 2.66 bits per heavy atom. The predicted octanol–water partition coefficient (Wildman–Crippen LogP) is 5.19. The van der Waals surface area contributed by atoms with Crippen LogP contribution in [0.25, 0.3) is 10.9 Å². The van der Waals surface area contributed by atoms with Crippen LogP contribution in [0, 0.1) is 5.92 Å². The van der Waals surface area contributed by atoms with Crippen LogP contribution in [-0.2, 0) is 41.4 Å². The zero-order valence-corrected chi connectivity index (χ0v) is 35.4. The molecule has 1 aromatic heterocycles. The van der Waals surface area contributed by atoms with E-state index >= 15 is 0 Å². The number of rotatable bonds is 8. The van der Waals surface area contributed by atoms with Gasteiger partial charge in [0.25, 0.3) is 0 Å².